The molecule has 0 N–H and O–H groups in total. The third-order valence-corrected chi connectivity index (χ3v) is 6.75. The molecule has 0 aromatic carbocycles. The number of unbranched alkanes of at least 4 members (excludes halogenated alkanes) is 12. The van der Waals surface area contributed by atoms with E-state index in [0.29, 0.717) is 12.5 Å². The van der Waals surface area contributed by atoms with Crippen molar-refractivity contribution in [2.75, 3.05) is 0 Å². The van der Waals surface area contributed by atoms with Crippen LogP contribution in [-0.2, 0) is 14.3 Å². The summed E-state index contributed by atoms with van der Waals surface area (Å²) in [4.78, 5) is 12.1. The van der Waals surface area contributed by atoms with Gasteiger partial charge in [-0.1, -0.05) is 115 Å². The zero-order valence-electron chi connectivity index (χ0n) is 24.5. The molecule has 3 heteroatoms. The van der Waals surface area contributed by atoms with Crippen LogP contribution in [0.4, 0.5) is 0 Å². The zero-order chi connectivity index (χ0) is 27.5. The second-order valence-corrected chi connectivity index (χ2v) is 10.3. The van der Waals surface area contributed by atoms with Crippen LogP contribution >= 0.6 is 0 Å². The molecule has 0 amide bonds. The Kier molecular flexibility index (Phi) is 22.3. The Bertz CT molecular complexity index is 785. The third kappa shape index (κ3) is 20.8. The van der Waals surface area contributed by atoms with Crippen LogP contribution in [0.25, 0.3) is 0 Å². The molecular formula is C35H54O3. The van der Waals surface area contributed by atoms with E-state index in [0.717, 1.165) is 44.9 Å². The first-order valence-electron chi connectivity index (χ1n) is 15.5. The lowest BCUT2D eigenvalue weighted by Crippen LogP contribution is -2.13. The molecule has 1 aliphatic rings. The largest absolute Gasteiger partial charge is 0.445 e. The van der Waals surface area contributed by atoms with Gasteiger partial charge in [-0.15, -0.1) is 0 Å². The molecule has 3 nitrogen and oxygen atoms in total. The smallest absolute Gasteiger partial charge is 0.307 e. The zero-order valence-corrected chi connectivity index (χ0v) is 24.5. The maximum atomic E-state index is 12.1. The highest BCUT2D eigenvalue weighted by atomic mass is 16.6. The van der Waals surface area contributed by atoms with Crippen molar-refractivity contribution < 1.29 is 14.3 Å². The summed E-state index contributed by atoms with van der Waals surface area (Å²) in [5.41, 5.74) is 0. The Morgan fingerprint density at radius 3 is 2.18 bits per heavy atom. The van der Waals surface area contributed by atoms with Crippen molar-refractivity contribution in [2.24, 2.45) is 0 Å². The van der Waals surface area contributed by atoms with Crippen LogP contribution in [0, 0.1) is 23.7 Å². The van der Waals surface area contributed by atoms with Crippen LogP contribution in [0.3, 0.4) is 0 Å². The first-order valence-corrected chi connectivity index (χ1v) is 15.5. The van der Waals surface area contributed by atoms with Gasteiger partial charge in [0.05, 0.1) is 12.2 Å². The minimum absolute atomic E-state index is 0.212. The monoisotopic (exact) mass is 522 g/mol. The van der Waals surface area contributed by atoms with E-state index in [1.165, 1.54) is 70.6 Å². The van der Waals surface area contributed by atoms with Crippen LogP contribution < -0.4 is 0 Å². The highest BCUT2D eigenvalue weighted by Crippen LogP contribution is 2.29. The van der Waals surface area contributed by atoms with Gasteiger partial charge in [0.1, 0.15) is 0 Å². The van der Waals surface area contributed by atoms with Crippen LogP contribution in [0.2, 0.25) is 0 Å². The minimum atomic E-state index is -0.595. The predicted molar refractivity (Wildman–Crippen MR) is 162 cm³/mol. The molecule has 1 saturated heterocycles. The maximum Gasteiger partial charge on any atom is 0.307 e. The summed E-state index contributed by atoms with van der Waals surface area (Å²) in [5, 5.41) is 0. The van der Waals surface area contributed by atoms with Crippen molar-refractivity contribution >= 4 is 5.97 Å². The van der Waals surface area contributed by atoms with Crippen LogP contribution in [0.1, 0.15) is 136 Å². The van der Waals surface area contributed by atoms with Gasteiger partial charge < -0.3 is 9.47 Å². The summed E-state index contributed by atoms with van der Waals surface area (Å²) in [6.45, 7) is 8.21. The first-order chi connectivity index (χ1) is 18.7. The number of carbonyl (C=O) groups is 1. The van der Waals surface area contributed by atoms with Gasteiger partial charge in [-0.3, -0.25) is 4.79 Å². The van der Waals surface area contributed by atoms with Crippen LogP contribution in [0.5, 0.6) is 0 Å². The fourth-order valence-electron chi connectivity index (χ4n) is 4.28. The molecule has 1 heterocycles. The Hall–Kier alpha value is -2.23. The lowest BCUT2D eigenvalue weighted by molar-refractivity contribution is -0.144. The van der Waals surface area contributed by atoms with Gasteiger partial charge in [0.15, 0.2) is 6.10 Å². The van der Waals surface area contributed by atoms with Crippen molar-refractivity contribution in [2.45, 2.75) is 154 Å². The highest BCUT2D eigenvalue weighted by molar-refractivity contribution is 5.70. The summed E-state index contributed by atoms with van der Waals surface area (Å²) in [6, 6.07) is 0. The van der Waals surface area contributed by atoms with E-state index in [9.17, 15) is 4.79 Å². The number of epoxide rings is 1. The van der Waals surface area contributed by atoms with E-state index in [-0.39, 0.29) is 12.1 Å². The van der Waals surface area contributed by atoms with E-state index >= 15 is 0 Å². The van der Waals surface area contributed by atoms with Crippen molar-refractivity contribution in [1.29, 1.82) is 0 Å². The minimum Gasteiger partial charge on any atom is -0.445 e. The van der Waals surface area contributed by atoms with Crippen molar-refractivity contribution in [3.8, 4) is 23.7 Å². The molecule has 0 aromatic heterocycles. The summed E-state index contributed by atoms with van der Waals surface area (Å²) < 4.78 is 11.1. The fourth-order valence-corrected chi connectivity index (χ4v) is 4.28. The number of hydrogen-bond donors (Lipinski definition) is 0. The van der Waals surface area contributed by atoms with Gasteiger partial charge in [-0.05, 0) is 68.8 Å². The Balaban J connectivity index is 2.01. The summed E-state index contributed by atoms with van der Waals surface area (Å²) in [7, 11) is 0. The van der Waals surface area contributed by atoms with Gasteiger partial charge in [-0.25, -0.2) is 0 Å². The standard InChI is InChI=1S/C35H54O3/c1-4-7-9-11-12-13-14-15-16-17-18-19-20-22-27-31-35(36)37-32(6-3)28-24-23-26-30-34-33(38-34)29-25-21-10-8-5-2/h6,12-13,15-16,32-34H,3-5,7-11,14,17-22,25,27,29-31H2,1-2H3/b13-12-,16-15-. The molecule has 1 aliphatic heterocycles. The molecule has 0 saturated carbocycles. The molecule has 0 radical (unpaired) electrons. The SMILES string of the molecule is C=CC(C#CC#CCC1OC1CCCCCCC)OC(=O)CCCCCCC/C=C\C/C=C\CCCCC. The van der Waals surface area contributed by atoms with Gasteiger partial charge in [-0.2, -0.15) is 0 Å². The highest BCUT2D eigenvalue weighted by Gasteiger charge is 2.36. The summed E-state index contributed by atoms with van der Waals surface area (Å²) in [5.74, 6) is 11.4. The number of hydrogen-bond acceptors (Lipinski definition) is 3. The average Bonchev–Trinajstić information content (AvgIpc) is 3.67. The predicted octanol–water partition coefficient (Wildman–Crippen LogP) is 9.42. The van der Waals surface area contributed by atoms with Crippen molar-refractivity contribution in [1.82, 2.24) is 0 Å². The number of esters is 1. The summed E-state index contributed by atoms with van der Waals surface area (Å²) >= 11 is 0. The van der Waals surface area contributed by atoms with Gasteiger partial charge >= 0.3 is 5.97 Å². The van der Waals surface area contributed by atoms with E-state index in [2.05, 4.69) is 68.4 Å². The van der Waals surface area contributed by atoms with Crippen LogP contribution in [0.15, 0.2) is 37.0 Å². The molecule has 1 rings (SSSR count). The van der Waals surface area contributed by atoms with E-state index in [1.807, 2.05) is 0 Å². The lowest BCUT2D eigenvalue weighted by Gasteiger charge is -2.07. The second-order valence-electron chi connectivity index (χ2n) is 10.3. The molecule has 38 heavy (non-hydrogen) atoms. The van der Waals surface area contributed by atoms with Crippen molar-refractivity contribution in [3.05, 3.63) is 37.0 Å². The first kappa shape index (κ1) is 33.8. The quantitative estimate of drug-likeness (QED) is 0.0441. The van der Waals surface area contributed by atoms with E-state index in [1.54, 1.807) is 6.08 Å². The maximum absolute atomic E-state index is 12.1. The molecule has 0 aliphatic carbocycles. The molecule has 0 aromatic rings. The molecule has 212 valence electrons. The molecule has 0 spiro atoms. The Labute approximate surface area is 234 Å². The van der Waals surface area contributed by atoms with Crippen molar-refractivity contribution in [3.63, 3.8) is 0 Å². The van der Waals surface area contributed by atoms with E-state index in [4.69, 9.17) is 9.47 Å². The average molecular weight is 523 g/mol. The van der Waals surface area contributed by atoms with Gasteiger partial charge in [0.2, 0.25) is 0 Å². The third-order valence-electron chi connectivity index (χ3n) is 6.75. The van der Waals surface area contributed by atoms with E-state index < -0.39 is 6.10 Å². The number of ether oxygens (including phenoxy) is 2. The Morgan fingerprint density at radius 2 is 1.45 bits per heavy atom. The van der Waals surface area contributed by atoms with Crippen LogP contribution in [-0.4, -0.2) is 24.3 Å². The lowest BCUT2D eigenvalue weighted by atomic mass is 10.1. The topological polar surface area (TPSA) is 38.8 Å². The number of allylic oxidation sites excluding steroid dienone is 4. The van der Waals surface area contributed by atoms with Gasteiger partial charge in [0, 0.05) is 12.8 Å². The normalized spacial score (nSPS) is 17.0. The van der Waals surface area contributed by atoms with Gasteiger partial charge in [0.25, 0.3) is 0 Å². The number of rotatable bonds is 23. The Morgan fingerprint density at radius 1 is 0.816 bits per heavy atom. The summed E-state index contributed by atoms with van der Waals surface area (Å²) in [6.07, 6.45) is 32.3. The molecular weight excluding hydrogens is 468 g/mol. The molecule has 1 fully saturated rings. The fraction of sp³-hybridized carbons (Fsp3) is 0.686. The molecule has 3 atom stereocenters. The molecule has 3 unspecified atom stereocenters. The second kappa shape index (κ2) is 25.1. The molecule has 0 bridgehead atoms. The number of carbonyl (C=O) groups excluding carboxylic acids is 1.